The Morgan fingerprint density at radius 2 is 2.43 bits per heavy atom. The zero-order valence-corrected chi connectivity index (χ0v) is 5.34. The van der Waals surface area contributed by atoms with Crippen LogP contribution in [-0.2, 0) is 4.79 Å². The standard InChI is InChI=1S/C3H7NO2Se/c4-2(1-7)3(5)6/h2,7H,1,4H2,(H,5,6)/p-1. The fraction of sp³-hybridized carbons (Fsp3) is 0.667. The van der Waals surface area contributed by atoms with Crippen LogP contribution in [0, 0.1) is 0 Å². The molecule has 0 amide bonds. The Bertz CT molecular complexity index is 75.3. The second-order valence-electron chi connectivity index (χ2n) is 1.11. The van der Waals surface area contributed by atoms with Crippen molar-refractivity contribution in [3.8, 4) is 0 Å². The predicted molar refractivity (Wildman–Crippen MR) is 26.2 cm³/mol. The molecule has 0 aromatic heterocycles. The first-order chi connectivity index (χ1) is 3.18. The van der Waals surface area contributed by atoms with Crippen molar-refractivity contribution in [2.24, 2.45) is 5.73 Å². The van der Waals surface area contributed by atoms with E-state index >= 15 is 0 Å². The number of aliphatic carboxylic acids is 1. The molecule has 0 heterocycles. The van der Waals surface area contributed by atoms with E-state index in [-0.39, 0.29) is 0 Å². The molecular weight excluding hydrogens is 161 g/mol. The molecule has 0 saturated carbocycles. The van der Waals surface area contributed by atoms with Crippen LogP contribution in [0.3, 0.4) is 0 Å². The fourth-order valence-corrected chi connectivity index (χ4v) is 0.370. The van der Waals surface area contributed by atoms with Crippen molar-refractivity contribution in [2.45, 2.75) is 11.4 Å². The van der Waals surface area contributed by atoms with E-state index in [0.29, 0.717) is 5.32 Å². The van der Waals surface area contributed by atoms with Crippen LogP contribution >= 0.6 is 0 Å². The van der Waals surface area contributed by atoms with Gasteiger partial charge in [-0.15, -0.1) is 0 Å². The number of carboxylic acid groups (broad SMARTS) is 1. The van der Waals surface area contributed by atoms with Crippen LogP contribution in [0.4, 0.5) is 0 Å². The third kappa shape index (κ3) is 2.62. The fourth-order valence-electron chi connectivity index (χ4n) is 0.0713. The average Bonchev–Trinajstić information content (AvgIpc) is 1.65. The summed E-state index contributed by atoms with van der Waals surface area (Å²) in [7, 11) is 0. The van der Waals surface area contributed by atoms with Gasteiger partial charge in [-0.2, -0.15) is 0 Å². The molecule has 42 valence electrons. The second kappa shape index (κ2) is 3.02. The molecule has 0 aromatic rings. The van der Waals surface area contributed by atoms with Gasteiger partial charge >= 0.3 is 49.0 Å². The summed E-state index contributed by atoms with van der Waals surface area (Å²) in [6.07, 6.45) is 0. The minimum atomic E-state index is -0.959. The number of nitrogens with two attached hydrogens (primary N) is 1. The van der Waals surface area contributed by atoms with Crippen molar-refractivity contribution in [3.63, 3.8) is 0 Å². The van der Waals surface area contributed by atoms with Crippen LogP contribution in [0.5, 0.6) is 0 Å². The van der Waals surface area contributed by atoms with Gasteiger partial charge in [0.25, 0.3) is 0 Å². The number of hydrogen-bond donors (Lipinski definition) is 2. The molecule has 0 aliphatic rings. The molecule has 0 radical (unpaired) electrons. The van der Waals surface area contributed by atoms with E-state index in [2.05, 4.69) is 16.0 Å². The molecule has 0 fully saturated rings. The van der Waals surface area contributed by atoms with Crippen LogP contribution in [0.15, 0.2) is 0 Å². The Hall–Kier alpha value is -0.0505. The van der Waals surface area contributed by atoms with Crippen LogP contribution in [0.25, 0.3) is 0 Å². The van der Waals surface area contributed by atoms with Crippen molar-refractivity contribution >= 4 is 22.0 Å². The third-order valence-corrected chi connectivity index (χ3v) is 1.25. The molecule has 0 bridgehead atoms. The molecule has 7 heavy (non-hydrogen) atoms. The number of carboxylic acids is 1. The van der Waals surface area contributed by atoms with E-state index < -0.39 is 12.0 Å². The Labute approximate surface area is 49.7 Å². The third-order valence-electron chi connectivity index (χ3n) is 0.497. The van der Waals surface area contributed by atoms with Gasteiger partial charge in [-0.1, -0.05) is 0 Å². The number of rotatable bonds is 2. The molecule has 0 rings (SSSR count). The maximum absolute atomic E-state index is 9.79. The summed E-state index contributed by atoms with van der Waals surface area (Å²) in [6, 6.07) is -0.736. The number of hydrogen-bond acceptors (Lipinski definition) is 2. The van der Waals surface area contributed by atoms with Crippen molar-refractivity contribution < 1.29 is 9.90 Å². The van der Waals surface area contributed by atoms with Crippen molar-refractivity contribution in [1.29, 1.82) is 0 Å². The molecule has 3 nitrogen and oxygen atoms in total. The zero-order chi connectivity index (χ0) is 5.86. The van der Waals surface area contributed by atoms with E-state index in [1.807, 2.05) is 0 Å². The van der Waals surface area contributed by atoms with Crippen LogP contribution < -0.4 is 5.73 Å². The quantitative estimate of drug-likeness (QED) is 0.517. The predicted octanol–water partition coefficient (Wildman–Crippen LogP) is -1.01. The first-order valence-electron chi connectivity index (χ1n) is 1.75. The van der Waals surface area contributed by atoms with E-state index in [1.165, 1.54) is 0 Å². The van der Waals surface area contributed by atoms with Gasteiger partial charge in [-0.25, -0.2) is 0 Å². The summed E-state index contributed by atoms with van der Waals surface area (Å²) in [6.45, 7) is 0. The van der Waals surface area contributed by atoms with Gasteiger partial charge < -0.3 is 0 Å². The first-order valence-corrected chi connectivity index (χ1v) is 2.96. The van der Waals surface area contributed by atoms with E-state index in [9.17, 15) is 4.79 Å². The molecule has 4 heteroatoms. The van der Waals surface area contributed by atoms with Crippen LogP contribution in [0.1, 0.15) is 0 Å². The molecule has 0 spiro atoms. The molecule has 3 N–H and O–H groups in total. The Morgan fingerprint density at radius 1 is 2.00 bits per heavy atom. The topological polar surface area (TPSA) is 63.3 Å². The van der Waals surface area contributed by atoms with Gasteiger partial charge in [0.15, 0.2) is 0 Å². The molecule has 0 aliphatic heterocycles. The van der Waals surface area contributed by atoms with E-state index in [4.69, 9.17) is 10.8 Å². The molecule has 0 aliphatic carbocycles. The van der Waals surface area contributed by atoms with Gasteiger partial charge in [-0.3, -0.25) is 0 Å². The van der Waals surface area contributed by atoms with Crippen LogP contribution in [0.2, 0.25) is 5.32 Å². The van der Waals surface area contributed by atoms with Crippen molar-refractivity contribution in [2.75, 3.05) is 0 Å². The second-order valence-corrected chi connectivity index (χ2v) is 1.81. The monoisotopic (exact) mass is 168 g/mol. The SMILES string of the molecule is NC(C[Se-])C(=O)O. The Kier molecular flexibility index (Phi) is 3.00. The molecule has 0 aromatic carbocycles. The van der Waals surface area contributed by atoms with Gasteiger partial charge in [0.05, 0.1) is 0 Å². The summed E-state index contributed by atoms with van der Waals surface area (Å²) >= 11 is 2.52. The zero-order valence-electron chi connectivity index (χ0n) is 3.63. The Balaban J connectivity index is 3.34. The van der Waals surface area contributed by atoms with Crippen LogP contribution in [-0.4, -0.2) is 33.1 Å². The van der Waals surface area contributed by atoms with E-state index in [1.54, 1.807) is 0 Å². The Morgan fingerprint density at radius 3 is 2.43 bits per heavy atom. The summed E-state index contributed by atoms with van der Waals surface area (Å²) in [5, 5.41) is 8.41. The maximum atomic E-state index is 9.79. The summed E-state index contributed by atoms with van der Waals surface area (Å²) in [4.78, 5) is 9.79. The van der Waals surface area contributed by atoms with E-state index in [0.717, 1.165) is 0 Å². The molecule has 1 unspecified atom stereocenters. The normalized spacial score (nSPS) is 13.4. The van der Waals surface area contributed by atoms with Gasteiger partial charge in [0, 0.05) is 0 Å². The summed E-state index contributed by atoms with van der Waals surface area (Å²) in [5.74, 6) is -0.959. The molecular formula is C3H6NO2Se-. The summed E-state index contributed by atoms with van der Waals surface area (Å²) < 4.78 is 0. The summed E-state index contributed by atoms with van der Waals surface area (Å²) in [5.41, 5.74) is 4.98. The molecule has 1 atom stereocenters. The van der Waals surface area contributed by atoms with Gasteiger partial charge in [0.1, 0.15) is 0 Å². The average molecular weight is 167 g/mol. The first kappa shape index (κ1) is 6.95. The van der Waals surface area contributed by atoms with Crippen molar-refractivity contribution in [1.82, 2.24) is 0 Å². The van der Waals surface area contributed by atoms with Gasteiger partial charge in [-0.05, 0) is 0 Å². The van der Waals surface area contributed by atoms with Crippen molar-refractivity contribution in [3.05, 3.63) is 0 Å². The minimum absolute atomic E-state index is 0.370. The number of carbonyl (C=O) groups is 1. The molecule has 0 saturated heterocycles. The van der Waals surface area contributed by atoms with Gasteiger partial charge in [0.2, 0.25) is 0 Å².